The number of nitrogens with one attached hydrogen (secondary N) is 1. The average Bonchev–Trinajstić information content (AvgIpc) is 3.39. The quantitative estimate of drug-likeness (QED) is 0.424. The zero-order valence-corrected chi connectivity index (χ0v) is 22.8. The lowest BCUT2D eigenvalue weighted by Crippen LogP contribution is -2.53. The molecule has 1 heterocycles. The number of hydrogen-bond donors (Lipinski definition) is 2. The maximum Gasteiger partial charge on any atom is 0.259 e. The molecule has 12 heteroatoms. The minimum absolute atomic E-state index is 0.00611. The number of benzene rings is 3. The van der Waals surface area contributed by atoms with Gasteiger partial charge in [0.25, 0.3) is 11.8 Å². The Morgan fingerprint density at radius 2 is 1.71 bits per heavy atom. The van der Waals surface area contributed by atoms with Crippen LogP contribution >= 0.6 is 23.2 Å². The molecule has 2 amide bonds. The SMILES string of the molecule is COc1ccc(C(=O)N2CCN(S(=O)(=O)c3ccc(Cl)c(Cl)c3)C2C(=O)NCc2cccc(CN)c2)cc1. The van der Waals surface area contributed by atoms with Crippen molar-refractivity contribution in [1.82, 2.24) is 14.5 Å². The van der Waals surface area contributed by atoms with Crippen molar-refractivity contribution in [2.75, 3.05) is 20.2 Å². The summed E-state index contributed by atoms with van der Waals surface area (Å²) in [7, 11) is -2.72. The molecule has 3 aromatic rings. The van der Waals surface area contributed by atoms with Crippen molar-refractivity contribution >= 4 is 45.0 Å². The standard InChI is InChI=1S/C26H26Cl2N4O5S/c1-37-20-7-5-19(6-8-20)26(34)31-11-12-32(38(35,36)21-9-10-22(27)23(28)14-21)25(31)24(33)30-16-18-4-2-3-17(13-18)15-29/h2-10,13-14,25H,11-12,15-16,29H2,1H3,(H,30,33). The first-order chi connectivity index (χ1) is 18.1. The third-order valence-electron chi connectivity index (χ3n) is 6.15. The summed E-state index contributed by atoms with van der Waals surface area (Å²) in [4.78, 5) is 28.1. The highest BCUT2D eigenvalue weighted by Crippen LogP contribution is 2.30. The molecule has 0 aliphatic carbocycles. The molecule has 1 saturated heterocycles. The maximum absolute atomic E-state index is 13.6. The first-order valence-corrected chi connectivity index (χ1v) is 13.8. The molecular weight excluding hydrogens is 551 g/mol. The lowest BCUT2D eigenvalue weighted by atomic mass is 10.1. The maximum atomic E-state index is 13.6. The summed E-state index contributed by atoms with van der Waals surface area (Å²) in [6.45, 7) is 0.371. The van der Waals surface area contributed by atoms with Gasteiger partial charge in [0.1, 0.15) is 5.75 Å². The Kier molecular flexibility index (Phi) is 8.59. The van der Waals surface area contributed by atoms with Gasteiger partial charge in [0.15, 0.2) is 6.17 Å². The number of hydrogen-bond acceptors (Lipinski definition) is 6. The lowest BCUT2D eigenvalue weighted by Gasteiger charge is -2.29. The first kappa shape index (κ1) is 27.9. The molecule has 4 rings (SSSR count). The average molecular weight is 577 g/mol. The Morgan fingerprint density at radius 1 is 1.00 bits per heavy atom. The van der Waals surface area contributed by atoms with Crippen molar-refractivity contribution in [2.24, 2.45) is 5.73 Å². The molecule has 3 N–H and O–H groups in total. The summed E-state index contributed by atoms with van der Waals surface area (Å²) < 4.78 is 33.4. The molecule has 38 heavy (non-hydrogen) atoms. The molecule has 1 unspecified atom stereocenters. The number of carbonyl (C=O) groups excluding carboxylic acids is 2. The van der Waals surface area contributed by atoms with Gasteiger partial charge in [-0.25, -0.2) is 8.42 Å². The van der Waals surface area contributed by atoms with Crippen LogP contribution in [0.15, 0.2) is 71.6 Å². The van der Waals surface area contributed by atoms with E-state index in [0.29, 0.717) is 12.3 Å². The van der Waals surface area contributed by atoms with Gasteiger partial charge in [0.05, 0.1) is 22.1 Å². The summed E-state index contributed by atoms with van der Waals surface area (Å²) in [5.41, 5.74) is 7.67. The van der Waals surface area contributed by atoms with Crippen molar-refractivity contribution in [1.29, 1.82) is 0 Å². The van der Waals surface area contributed by atoms with Crippen LogP contribution in [0.1, 0.15) is 21.5 Å². The highest BCUT2D eigenvalue weighted by molar-refractivity contribution is 7.89. The number of halogens is 2. The summed E-state index contributed by atoms with van der Waals surface area (Å²) in [5, 5.41) is 3.02. The van der Waals surface area contributed by atoms with E-state index in [1.807, 2.05) is 24.3 Å². The second-order valence-corrected chi connectivity index (χ2v) is 11.2. The zero-order chi connectivity index (χ0) is 27.4. The zero-order valence-electron chi connectivity index (χ0n) is 20.4. The van der Waals surface area contributed by atoms with Crippen LogP contribution in [0, 0.1) is 0 Å². The number of sulfonamides is 1. The molecular formula is C26H26Cl2N4O5S. The van der Waals surface area contributed by atoms with E-state index >= 15 is 0 Å². The number of ether oxygens (including phenoxy) is 1. The van der Waals surface area contributed by atoms with Gasteiger partial charge in [-0.05, 0) is 53.6 Å². The van der Waals surface area contributed by atoms with E-state index in [4.69, 9.17) is 33.7 Å². The van der Waals surface area contributed by atoms with Crippen molar-refractivity contribution in [3.05, 3.63) is 93.5 Å². The Bertz CT molecular complexity index is 1450. The van der Waals surface area contributed by atoms with Gasteiger partial charge in [0.2, 0.25) is 10.0 Å². The van der Waals surface area contributed by atoms with Gasteiger partial charge in [-0.3, -0.25) is 9.59 Å². The largest absolute Gasteiger partial charge is 0.497 e. The van der Waals surface area contributed by atoms with Gasteiger partial charge in [-0.15, -0.1) is 0 Å². The molecule has 0 radical (unpaired) electrons. The highest BCUT2D eigenvalue weighted by Gasteiger charge is 2.46. The van der Waals surface area contributed by atoms with Crippen LogP contribution in [0.3, 0.4) is 0 Å². The molecule has 0 bridgehead atoms. The van der Waals surface area contributed by atoms with Crippen LogP contribution in [0.5, 0.6) is 5.75 Å². The highest BCUT2D eigenvalue weighted by atomic mass is 35.5. The van der Waals surface area contributed by atoms with Gasteiger partial charge in [-0.1, -0.05) is 47.5 Å². The van der Waals surface area contributed by atoms with Crippen LogP contribution in [0.2, 0.25) is 10.0 Å². The van der Waals surface area contributed by atoms with Crippen LogP contribution in [-0.4, -0.2) is 55.8 Å². The first-order valence-electron chi connectivity index (χ1n) is 11.6. The Morgan fingerprint density at radius 3 is 2.37 bits per heavy atom. The van der Waals surface area contributed by atoms with E-state index in [1.54, 1.807) is 24.3 Å². The lowest BCUT2D eigenvalue weighted by molar-refractivity contribution is -0.127. The normalized spacial score (nSPS) is 15.9. The fraction of sp³-hybridized carbons (Fsp3) is 0.231. The minimum Gasteiger partial charge on any atom is -0.497 e. The molecule has 0 aromatic heterocycles. The number of carbonyl (C=O) groups is 2. The van der Waals surface area contributed by atoms with Crippen molar-refractivity contribution < 1.29 is 22.7 Å². The summed E-state index contributed by atoms with van der Waals surface area (Å²) in [5.74, 6) is -0.586. The topological polar surface area (TPSA) is 122 Å². The molecule has 1 aliphatic heterocycles. The van der Waals surface area contributed by atoms with Gasteiger partial charge in [0, 0.05) is 31.7 Å². The van der Waals surface area contributed by atoms with Crippen molar-refractivity contribution in [2.45, 2.75) is 24.2 Å². The van der Waals surface area contributed by atoms with Crippen LogP contribution in [-0.2, 0) is 27.9 Å². The monoisotopic (exact) mass is 576 g/mol. The number of rotatable bonds is 8. The fourth-order valence-corrected chi connectivity index (χ4v) is 6.10. The molecule has 1 aliphatic rings. The third-order valence-corrected chi connectivity index (χ3v) is 8.74. The summed E-state index contributed by atoms with van der Waals surface area (Å²) in [6.07, 6.45) is -1.43. The van der Waals surface area contributed by atoms with Crippen molar-refractivity contribution in [3.8, 4) is 5.75 Å². The third kappa shape index (κ3) is 5.79. The Balaban J connectivity index is 1.66. The van der Waals surface area contributed by atoms with Crippen LogP contribution < -0.4 is 15.8 Å². The van der Waals surface area contributed by atoms with Crippen molar-refractivity contribution in [3.63, 3.8) is 0 Å². The molecule has 0 spiro atoms. The number of amides is 2. The molecule has 9 nitrogen and oxygen atoms in total. The van der Waals surface area contributed by atoms with E-state index < -0.39 is 28.0 Å². The van der Waals surface area contributed by atoms with E-state index in [2.05, 4.69) is 5.32 Å². The predicted molar refractivity (Wildman–Crippen MR) is 144 cm³/mol. The van der Waals surface area contributed by atoms with Crippen LogP contribution in [0.25, 0.3) is 0 Å². The van der Waals surface area contributed by atoms with Gasteiger partial charge in [-0.2, -0.15) is 4.31 Å². The number of nitrogens with two attached hydrogens (primary N) is 1. The van der Waals surface area contributed by atoms with E-state index in [9.17, 15) is 18.0 Å². The molecule has 1 fully saturated rings. The van der Waals surface area contributed by atoms with Crippen LogP contribution in [0.4, 0.5) is 0 Å². The second kappa shape index (κ2) is 11.7. The van der Waals surface area contributed by atoms with E-state index in [-0.39, 0.29) is 40.1 Å². The molecule has 0 saturated carbocycles. The summed E-state index contributed by atoms with van der Waals surface area (Å²) >= 11 is 12.0. The summed E-state index contributed by atoms with van der Waals surface area (Å²) in [6, 6.07) is 17.6. The molecule has 3 aromatic carbocycles. The fourth-order valence-electron chi connectivity index (χ4n) is 4.16. The molecule has 1 atom stereocenters. The predicted octanol–water partition coefficient (Wildman–Crippen LogP) is 3.25. The van der Waals surface area contributed by atoms with Gasteiger partial charge < -0.3 is 20.7 Å². The molecule has 200 valence electrons. The number of nitrogens with zero attached hydrogens (tertiary/aromatic N) is 2. The number of methoxy groups -OCH3 is 1. The van der Waals surface area contributed by atoms with E-state index in [0.717, 1.165) is 15.4 Å². The minimum atomic E-state index is -4.23. The van der Waals surface area contributed by atoms with E-state index in [1.165, 1.54) is 30.2 Å². The second-order valence-electron chi connectivity index (χ2n) is 8.53. The Hall–Kier alpha value is -3.15. The van der Waals surface area contributed by atoms with Gasteiger partial charge >= 0.3 is 0 Å². The Labute approximate surface area is 231 Å². The smallest absolute Gasteiger partial charge is 0.259 e.